The summed E-state index contributed by atoms with van der Waals surface area (Å²) in [5.41, 5.74) is 8.27. The molecule has 0 heterocycles. The first-order valence-corrected chi connectivity index (χ1v) is 8.05. The van der Waals surface area contributed by atoms with Gasteiger partial charge in [-0.3, -0.25) is 0 Å². The molecule has 3 rings (SSSR count). The Morgan fingerprint density at radius 3 is 2.41 bits per heavy atom. The Balaban J connectivity index is 2.23. The van der Waals surface area contributed by atoms with E-state index in [1.54, 1.807) is 5.57 Å². The first-order valence-electron chi connectivity index (χ1n) is 6.86. The van der Waals surface area contributed by atoms with Gasteiger partial charge in [-0.25, -0.2) is 0 Å². The molecule has 3 aliphatic rings. The van der Waals surface area contributed by atoms with Crippen LogP contribution in [-0.2, 0) is 18.9 Å². The molecule has 0 aromatic rings. The summed E-state index contributed by atoms with van der Waals surface area (Å²) in [5, 5.41) is 0. The standard InChI is InChI=1S/C16H23.Ir/c1-7-15(6)14(4,5)13-10(2)8-12-11(3)9-16(12,13)15;/h11H,7,9H2,1-6H3;. The van der Waals surface area contributed by atoms with E-state index in [-0.39, 0.29) is 0 Å². The van der Waals surface area contributed by atoms with Gasteiger partial charge in [-0.15, -0.1) is 0 Å². The molecule has 1 heteroatoms. The predicted molar refractivity (Wildman–Crippen MR) is 67.3 cm³/mol. The van der Waals surface area contributed by atoms with Gasteiger partial charge in [0.25, 0.3) is 0 Å². The van der Waals surface area contributed by atoms with Gasteiger partial charge >= 0.3 is 116 Å². The summed E-state index contributed by atoms with van der Waals surface area (Å²) in [6.07, 6.45) is 2.68. The third-order valence-corrected chi connectivity index (χ3v) is 10.2. The molecule has 0 saturated heterocycles. The zero-order valence-corrected chi connectivity index (χ0v) is 14.2. The van der Waals surface area contributed by atoms with Gasteiger partial charge in [0, 0.05) is 0 Å². The third-order valence-electron chi connectivity index (χ3n) is 6.82. The molecular weight excluding hydrogens is 384 g/mol. The van der Waals surface area contributed by atoms with Crippen LogP contribution in [0, 0.1) is 22.2 Å². The van der Waals surface area contributed by atoms with Crippen molar-refractivity contribution in [2.24, 2.45) is 22.2 Å². The van der Waals surface area contributed by atoms with E-state index in [9.17, 15) is 0 Å². The van der Waals surface area contributed by atoms with E-state index in [0.717, 1.165) is 5.92 Å². The monoisotopic (exact) mass is 408 g/mol. The molecule has 17 heavy (non-hydrogen) atoms. The zero-order valence-electron chi connectivity index (χ0n) is 11.8. The van der Waals surface area contributed by atoms with E-state index in [0.29, 0.717) is 20.2 Å². The quantitative estimate of drug-likeness (QED) is 0.555. The Kier molecular flexibility index (Phi) is 2.04. The van der Waals surface area contributed by atoms with Crippen molar-refractivity contribution in [1.82, 2.24) is 0 Å². The van der Waals surface area contributed by atoms with Gasteiger partial charge in [-0.05, 0) is 0 Å². The Morgan fingerprint density at radius 2 is 1.94 bits per heavy atom. The van der Waals surface area contributed by atoms with Crippen LogP contribution in [0.4, 0.5) is 0 Å². The fourth-order valence-corrected chi connectivity index (χ4v) is 7.63. The Morgan fingerprint density at radius 1 is 1.35 bits per heavy atom. The van der Waals surface area contributed by atoms with Gasteiger partial charge in [-0.1, -0.05) is 0 Å². The molecule has 2 saturated carbocycles. The zero-order chi connectivity index (χ0) is 12.9. The molecule has 4 atom stereocenters. The maximum absolute atomic E-state index is 3.77. The third kappa shape index (κ3) is 0.788. The summed E-state index contributed by atoms with van der Waals surface area (Å²) in [6.45, 7) is 14.6. The summed E-state index contributed by atoms with van der Waals surface area (Å²) in [4.78, 5) is 0. The molecule has 0 nitrogen and oxygen atoms in total. The molecule has 0 amide bonds. The summed E-state index contributed by atoms with van der Waals surface area (Å²) in [5.74, 6) is 0.772. The van der Waals surface area contributed by atoms with Gasteiger partial charge < -0.3 is 0 Å². The van der Waals surface area contributed by atoms with Crippen molar-refractivity contribution < 1.29 is 18.9 Å². The van der Waals surface area contributed by atoms with Crippen molar-refractivity contribution in [2.45, 2.75) is 58.3 Å². The minimum absolute atomic E-state index is 0.368. The summed E-state index contributed by atoms with van der Waals surface area (Å²) >= 11 is 2.51. The second-order valence-electron chi connectivity index (χ2n) is 7.11. The average Bonchev–Trinajstić information content (AvgIpc) is 2.45. The SMILES string of the molecule is CCC1(C)C(C)(C)[C]2([Ir])C(C)=C=C3C(C)CC312. The molecule has 0 bridgehead atoms. The van der Waals surface area contributed by atoms with Crippen molar-refractivity contribution in [1.29, 1.82) is 0 Å². The first kappa shape index (κ1) is 12.2. The molecule has 0 aliphatic heterocycles. The van der Waals surface area contributed by atoms with Crippen LogP contribution >= 0.6 is 0 Å². The number of rotatable bonds is 1. The number of hydrogen-bond donors (Lipinski definition) is 0. The van der Waals surface area contributed by atoms with E-state index in [1.807, 2.05) is 0 Å². The second kappa shape index (κ2) is 2.84. The van der Waals surface area contributed by atoms with E-state index < -0.39 is 0 Å². The van der Waals surface area contributed by atoms with Crippen LogP contribution in [0.5, 0.6) is 0 Å². The van der Waals surface area contributed by atoms with E-state index >= 15 is 0 Å². The summed E-state index contributed by atoms with van der Waals surface area (Å²) < 4.78 is 0.368. The first-order chi connectivity index (χ1) is 7.70. The Bertz CT molecular complexity index is 480. The molecule has 1 spiro atoms. The van der Waals surface area contributed by atoms with Gasteiger partial charge in [0.2, 0.25) is 0 Å². The average molecular weight is 408 g/mol. The van der Waals surface area contributed by atoms with Crippen LogP contribution < -0.4 is 0 Å². The van der Waals surface area contributed by atoms with Crippen LogP contribution in [0.15, 0.2) is 16.9 Å². The number of hydrogen-bond acceptors (Lipinski definition) is 0. The minimum atomic E-state index is 0.368. The maximum atomic E-state index is 3.77. The summed E-state index contributed by atoms with van der Waals surface area (Å²) in [6, 6.07) is 0. The predicted octanol–water partition coefficient (Wildman–Crippen LogP) is 4.66. The molecule has 0 aromatic carbocycles. The molecule has 2 fully saturated rings. The van der Waals surface area contributed by atoms with Crippen molar-refractivity contribution in [3.8, 4) is 0 Å². The molecule has 96 valence electrons. The Labute approximate surface area is 116 Å². The Hall–Kier alpha value is 0.169. The molecule has 4 unspecified atom stereocenters. The van der Waals surface area contributed by atoms with Crippen LogP contribution in [-0.4, -0.2) is 0 Å². The molecule has 0 N–H and O–H groups in total. The fourth-order valence-electron chi connectivity index (χ4n) is 5.59. The normalized spacial score (nSPS) is 54.0. The topological polar surface area (TPSA) is 0 Å². The van der Waals surface area contributed by atoms with Crippen LogP contribution in [0.1, 0.15) is 54.4 Å². The van der Waals surface area contributed by atoms with Gasteiger partial charge in [-0.2, -0.15) is 0 Å². The van der Waals surface area contributed by atoms with E-state index in [1.165, 1.54) is 18.4 Å². The molecule has 3 aliphatic carbocycles. The van der Waals surface area contributed by atoms with E-state index in [2.05, 4.69) is 66.2 Å². The van der Waals surface area contributed by atoms with Crippen molar-refractivity contribution in [3.63, 3.8) is 0 Å². The summed E-state index contributed by atoms with van der Waals surface area (Å²) in [7, 11) is 0. The van der Waals surface area contributed by atoms with Crippen molar-refractivity contribution >= 4 is 0 Å². The number of allylic oxidation sites excluding steroid dienone is 1. The van der Waals surface area contributed by atoms with Crippen molar-refractivity contribution in [2.75, 3.05) is 0 Å². The van der Waals surface area contributed by atoms with Crippen molar-refractivity contribution in [3.05, 3.63) is 16.9 Å². The van der Waals surface area contributed by atoms with Crippen LogP contribution in [0.2, 0.25) is 3.93 Å². The fraction of sp³-hybridized carbons (Fsp3) is 0.812. The van der Waals surface area contributed by atoms with Gasteiger partial charge in [0.05, 0.1) is 0 Å². The van der Waals surface area contributed by atoms with Crippen LogP contribution in [0.3, 0.4) is 0 Å². The molecule has 0 aromatic heterocycles. The van der Waals surface area contributed by atoms with Gasteiger partial charge in [0.1, 0.15) is 0 Å². The molecular formula is C16H23Ir. The van der Waals surface area contributed by atoms with E-state index in [4.69, 9.17) is 0 Å². The molecule has 0 radical (unpaired) electrons. The second-order valence-corrected chi connectivity index (χ2v) is 8.91. The van der Waals surface area contributed by atoms with Gasteiger partial charge in [0.15, 0.2) is 0 Å². The van der Waals surface area contributed by atoms with Crippen LogP contribution in [0.25, 0.3) is 0 Å².